The molecule has 1 unspecified atom stereocenters. The van der Waals surface area contributed by atoms with E-state index in [1.165, 1.54) is 27.8 Å². The largest absolute Gasteiger partial charge is 0.0843 e. The highest BCUT2D eigenvalue weighted by Crippen LogP contribution is 2.37. The van der Waals surface area contributed by atoms with E-state index in [0.717, 1.165) is 24.3 Å². The third-order valence-corrected chi connectivity index (χ3v) is 5.20. The Morgan fingerprint density at radius 2 is 1.57 bits per heavy atom. The zero-order chi connectivity index (χ0) is 15.4. The summed E-state index contributed by atoms with van der Waals surface area (Å²) in [5.41, 5.74) is 6.94. The summed E-state index contributed by atoms with van der Waals surface area (Å²) in [6, 6.07) is 12.8. The van der Waals surface area contributed by atoms with E-state index in [4.69, 9.17) is 11.6 Å². The summed E-state index contributed by atoms with van der Waals surface area (Å²) in [5.74, 6) is 0. The van der Waals surface area contributed by atoms with Gasteiger partial charge >= 0.3 is 0 Å². The van der Waals surface area contributed by atoms with E-state index in [2.05, 4.69) is 54.9 Å². The minimum Gasteiger partial charge on any atom is -0.0843 e. The maximum atomic E-state index is 6.15. The molecule has 2 aromatic carbocycles. The number of hydrogen-bond acceptors (Lipinski definition) is 0. The lowest BCUT2D eigenvalue weighted by Gasteiger charge is -2.20. The van der Waals surface area contributed by atoms with Crippen LogP contribution in [0.4, 0.5) is 0 Å². The fourth-order valence-corrected chi connectivity index (χ4v) is 3.87. The van der Waals surface area contributed by atoms with Crippen LogP contribution in [0.5, 0.6) is 0 Å². The van der Waals surface area contributed by atoms with Crippen molar-refractivity contribution in [3.8, 4) is 0 Å². The van der Waals surface area contributed by atoms with E-state index in [1.807, 2.05) is 18.2 Å². The van der Waals surface area contributed by atoms with Crippen molar-refractivity contribution in [3.05, 3.63) is 69.2 Å². The van der Waals surface area contributed by atoms with Gasteiger partial charge in [-0.15, -0.1) is 0 Å². The molecule has 0 nitrogen and oxygen atoms in total. The molecule has 0 bridgehead atoms. The summed E-state index contributed by atoms with van der Waals surface area (Å²) in [6.45, 7) is 6.68. The molecule has 0 saturated carbocycles. The Kier molecular flexibility index (Phi) is 5.89. The van der Waals surface area contributed by atoms with Gasteiger partial charge in [-0.3, -0.25) is 0 Å². The van der Waals surface area contributed by atoms with Crippen LogP contribution in [0.1, 0.15) is 53.4 Å². The monoisotopic (exact) mass is 364 g/mol. The van der Waals surface area contributed by atoms with Crippen LogP contribution in [0.2, 0.25) is 5.02 Å². The lowest BCUT2D eigenvalue weighted by molar-refractivity contribution is 0.975. The van der Waals surface area contributed by atoms with Gasteiger partial charge in [0.1, 0.15) is 0 Å². The molecular formula is C19H22BrCl. The molecule has 1 atom stereocenters. The van der Waals surface area contributed by atoms with Gasteiger partial charge in [-0.2, -0.15) is 0 Å². The van der Waals surface area contributed by atoms with E-state index in [-0.39, 0.29) is 4.83 Å². The predicted octanol–water partition coefficient (Wildman–Crippen LogP) is 6.51. The van der Waals surface area contributed by atoms with Gasteiger partial charge in [-0.25, -0.2) is 0 Å². The van der Waals surface area contributed by atoms with E-state index in [1.54, 1.807) is 0 Å². The SMILES string of the molecule is CCc1cc(CC)c(C(Br)c2cccc(Cl)c2)c(CC)c1. The smallest absolute Gasteiger partial charge is 0.0650 e. The molecule has 2 heteroatoms. The Morgan fingerprint density at radius 1 is 0.952 bits per heavy atom. The molecule has 0 aromatic heterocycles. The first-order valence-electron chi connectivity index (χ1n) is 7.64. The fraction of sp³-hybridized carbons (Fsp3) is 0.368. The van der Waals surface area contributed by atoms with Crippen molar-refractivity contribution in [3.63, 3.8) is 0 Å². The van der Waals surface area contributed by atoms with Crippen LogP contribution in [-0.2, 0) is 19.3 Å². The molecule has 0 fully saturated rings. The fourth-order valence-electron chi connectivity index (χ4n) is 2.80. The highest BCUT2D eigenvalue weighted by Gasteiger charge is 2.18. The van der Waals surface area contributed by atoms with Crippen LogP contribution in [-0.4, -0.2) is 0 Å². The van der Waals surface area contributed by atoms with Gasteiger partial charge in [0, 0.05) is 5.02 Å². The van der Waals surface area contributed by atoms with Gasteiger partial charge in [0.15, 0.2) is 0 Å². The summed E-state index contributed by atoms with van der Waals surface area (Å²) >= 11 is 10.0. The number of rotatable bonds is 5. The third-order valence-electron chi connectivity index (χ3n) is 3.98. The molecular weight excluding hydrogens is 344 g/mol. The van der Waals surface area contributed by atoms with Gasteiger partial charge in [0.05, 0.1) is 4.83 Å². The van der Waals surface area contributed by atoms with Crippen molar-refractivity contribution in [2.75, 3.05) is 0 Å². The van der Waals surface area contributed by atoms with Crippen molar-refractivity contribution >= 4 is 27.5 Å². The first kappa shape index (κ1) is 16.6. The van der Waals surface area contributed by atoms with Crippen LogP contribution in [0.3, 0.4) is 0 Å². The van der Waals surface area contributed by atoms with Crippen LogP contribution in [0.25, 0.3) is 0 Å². The zero-order valence-electron chi connectivity index (χ0n) is 12.9. The Morgan fingerprint density at radius 3 is 2.05 bits per heavy atom. The van der Waals surface area contributed by atoms with Gasteiger partial charge in [-0.1, -0.05) is 72.6 Å². The van der Waals surface area contributed by atoms with E-state index in [0.29, 0.717) is 0 Å². The molecule has 0 aliphatic heterocycles. The average Bonchev–Trinajstić information content (AvgIpc) is 2.52. The van der Waals surface area contributed by atoms with Crippen molar-refractivity contribution in [2.45, 2.75) is 44.9 Å². The minimum atomic E-state index is 0.201. The van der Waals surface area contributed by atoms with E-state index in [9.17, 15) is 0 Å². The summed E-state index contributed by atoms with van der Waals surface area (Å²) < 4.78 is 0. The molecule has 0 heterocycles. The van der Waals surface area contributed by atoms with Crippen molar-refractivity contribution in [2.24, 2.45) is 0 Å². The number of aryl methyl sites for hydroxylation is 3. The second-order valence-electron chi connectivity index (χ2n) is 5.31. The minimum absolute atomic E-state index is 0.201. The van der Waals surface area contributed by atoms with Gasteiger partial charge in [-0.05, 0) is 59.2 Å². The molecule has 0 spiro atoms. The highest BCUT2D eigenvalue weighted by molar-refractivity contribution is 9.09. The molecule has 112 valence electrons. The molecule has 2 aromatic rings. The Bertz CT molecular complexity index is 594. The topological polar surface area (TPSA) is 0 Å². The third kappa shape index (κ3) is 3.70. The number of hydrogen-bond donors (Lipinski definition) is 0. The molecule has 0 aliphatic rings. The first-order valence-corrected chi connectivity index (χ1v) is 8.94. The summed E-state index contributed by atoms with van der Waals surface area (Å²) in [4.78, 5) is 0.201. The van der Waals surface area contributed by atoms with Gasteiger partial charge in [0.25, 0.3) is 0 Å². The van der Waals surface area contributed by atoms with Crippen LogP contribution >= 0.6 is 27.5 Å². The lowest BCUT2D eigenvalue weighted by Crippen LogP contribution is -2.05. The van der Waals surface area contributed by atoms with Crippen LogP contribution in [0.15, 0.2) is 36.4 Å². The van der Waals surface area contributed by atoms with Crippen LogP contribution in [0, 0.1) is 0 Å². The second-order valence-corrected chi connectivity index (χ2v) is 6.66. The van der Waals surface area contributed by atoms with E-state index >= 15 is 0 Å². The molecule has 0 saturated heterocycles. The molecule has 21 heavy (non-hydrogen) atoms. The summed E-state index contributed by atoms with van der Waals surface area (Å²) in [5, 5.41) is 0.790. The zero-order valence-corrected chi connectivity index (χ0v) is 15.3. The van der Waals surface area contributed by atoms with Crippen molar-refractivity contribution in [1.82, 2.24) is 0 Å². The summed E-state index contributed by atoms with van der Waals surface area (Å²) in [7, 11) is 0. The standard InChI is InChI=1S/C19H22BrCl/c1-4-13-10-14(5-2)18(15(6-3)11-13)19(20)16-8-7-9-17(21)12-16/h7-12,19H,4-6H2,1-3H3. The van der Waals surface area contributed by atoms with Crippen molar-refractivity contribution in [1.29, 1.82) is 0 Å². The van der Waals surface area contributed by atoms with E-state index < -0.39 is 0 Å². The molecule has 0 aliphatic carbocycles. The first-order chi connectivity index (χ1) is 10.1. The molecule has 0 amide bonds. The maximum absolute atomic E-state index is 6.15. The molecule has 2 rings (SSSR count). The highest BCUT2D eigenvalue weighted by atomic mass is 79.9. The van der Waals surface area contributed by atoms with Gasteiger partial charge in [0.2, 0.25) is 0 Å². The van der Waals surface area contributed by atoms with Crippen molar-refractivity contribution < 1.29 is 0 Å². The second kappa shape index (κ2) is 7.47. The number of benzene rings is 2. The molecule has 0 N–H and O–H groups in total. The Hall–Kier alpha value is -0.790. The average molecular weight is 366 g/mol. The summed E-state index contributed by atoms with van der Waals surface area (Å²) in [6.07, 6.45) is 3.20. The van der Waals surface area contributed by atoms with Gasteiger partial charge < -0.3 is 0 Å². The Balaban J connectivity index is 2.55. The quantitative estimate of drug-likeness (QED) is 0.530. The predicted molar refractivity (Wildman–Crippen MR) is 96.8 cm³/mol. The molecule has 0 radical (unpaired) electrons. The maximum Gasteiger partial charge on any atom is 0.0650 e. The lowest BCUT2D eigenvalue weighted by atomic mass is 9.89. The van der Waals surface area contributed by atoms with Crippen LogP contribution < -0.4 is 0 Å². The normalized spacial score (nSPS) is 12.4. The number of halogens is 2. The number of alkyl halides is 1. The Labute approximate surface area is 141 Å².